The fraction of sp³-hybridized carbons (Fsp3) is 0.773. The highest BCUT2D eigenvalue weighted by atomic mass is 16.6. The summed E-state index contributed by atoms with van der Waals surface area (Å²) in [6.07, 6.45) is 92.3. The van der Waals surface area contributed by atoms with Gasteiger partial charge in [0.15, 0.2) is 6.10 Å². The first kappa shape index (κ1) is 77.6. The van der Waals surface area contributed by atoms with Crippen molar-refractivity contribution < 1.29 is 28.6 Å². The minimum atomic E-state index is -0.820. The molecule has 0 radical (unpaired) electrons. The van der Waals surface area contributed by atoms with Crippen LogP contribution in [0.1, 0.15) is 355 Å². The maximum Gasteiger partial charge on any atom is 0.306 e. The third kappa shape index (κ3) is 67.3. The molecule has 0 bridgehead atoms. The first-order chi connectivity index (χ1) is 40.0. The van der Waals surface area contributed by atoms with Gasteiger partial charge in [-0.2, -0.15) is 0 Å². The second-order valence-corrected chi connectivity index (χ2v) is 23.4. The molecule has 6 heteroatoms. The van der Waals surface area contributed by atoms with Crippen molar-refractivity contribution in [3.8, 4) is 0 Å². The largest absolute Gasteiger partial charge is 0.462 e. The third-order valence-corrected chi connectivity index (χ3v) is 15.4. The molecule has 0 saturated heterocycles. The molecule has 0 aromatic heterocycles. The Balaban J connectivity index is 4.16. The Morgan fingerprint density at radius 2 is 0.519 bits per heavy atom. The summed E-state index contributed by atoms with van der Waals surface area (Å²) in [6, 6.07) is 0. The molecule has 0 heterocycles. The molecule has 0 aromatic carbocycles. The molecular weight excluding hydrogens is 997 g/mol. The van der Waals surface area contributed by atoms with E-state index in [1.165, 1.54) is 218 Å². The van der Waals surface area contributed by atoms with Crippen molar-refractivity contribution in [2.75, 3.05) is 13.2 Å². The minimum absolute atomic E-state index is 0.107. The van der Waals surface area contributed by atoms with Crippen molar-refractivity contribution in [1.82, 2.24) is 0 Å². The van der Waals surface area contributed by atoms with Crippen LogP contribution in [-0.4, -0.2) is 37.2 Å². The van der Waals surface area contributed by atoms with Crippen LogP contribution in [0.15, 0.2) is 85.1 Å². The number of hydrogen-bond acceptors (Lipinski definition) is 6. The highest BCUT2D eigenvalue weighted by Crippen LogP contribution is 2.18. The van der Waals surface area contributed by atoms with Gasteiger partial charge in [-0.15, -0.1) is 0 Å². The molecule has 0 rings (SSSR count). The van der Waals surface area contributed by atoms with Crippen molar-refractivity contribution >= 4 is 17.9 Å². The van der Waals surface area contributed by atoms with Crippen LogP contribution < -0.4 is 0 Å². The number of allylic oxidation sites excluding steroid dienone is 14. The number of esters is 3. The molecule has 0 saturated carbocycles. The predicted octanol–water partition coefficient (Wildman–Crippen LogP) is 24.2. The molecule has 0 amide bonds. The fourth-order valence-corrected chi connectivity index (χ4v) is 10.2. The molecule has 0 aliphatic rings. The fourth-order valence-electron chi connectivity index (χ4n) is 10.2. The number of rotatable bonds is 64. The second kappa shape index (κ2) is 69.1. The number of hydrogen-bond donors (Lipinski definition) is 0. The van der Waals surface area contributed by atoms with E-state index in [0.717, 1.165) is 89.9 Å². The van der Waals surface area contributed by atoms with Gasteiger partial charge in [0.25, 0.3) is 0 Å². The average Bonchev–Trinajstić information content (AvgIpc) is 3.47. The highest BCUT2D eigenvalue weighted by molar-refractivity contribution is 5.71. The smallest absolute Gasteiger partial charge is 0.306 e. The lowest BCUT2D eigenvalue weighted by atomic mass is 10.0. The van der Waals surface area contributed by atoms with Gasteiger partial charge >= 0.3 is 17.9 Å². The van der Waals surface area contributed by atoms with E-state index < -0.39 is 12.1 Å². The molecule has 6 nitrogen and oxygen atoms in total. The predicted molar refractivity (Wildman–Crippen MR) is 353 cm³/mol. The van der Waals surface area contributed by atoms with Crippen LogP contribution in [0.2, 0.25) is 0 Å². The van der Waals surface area contributed by atoms with Gasteiger partial charge in [-0.25, -0.2) is 0 Å². The molecule has 468 valence electrons. The number of carbonyl (C=O) groups excluding carboxylic acids is 3. The molecule has 81 heavy (non-hydrogen) atoms. The van der Waals surface area contributed by atoms with Crippen molar-refractivity contribution in [1.29, 1.82) is 0 Å². The van der Waals surface area contributed by atoms with Crippen LogP contribution in [0.3, 0.4) is 0 Å². The maximum absolute atomic E-state index is 12.9. The van der Waals surface area contributed by atoms with Gasteiger partial charge in [0.1, 0.15) is 13.2 Å². The first-order valence-electron chi connectivity index (χ1n) is 35.1. The van der Waals surface area contributed by atoms with Gasteiger partial charge in [0.2, 0.25) is 0 Å². The van der Waals surface area contributed by atoms with E-state index in [1.54, 1.807) is 0 Å². The van der Waals surface area contributed by atoms with E-state index in [-0.39, 0.29) is 31.6 Å². The summed E-state index contributed by atoms with van der Waals surface area (Å²) in [5, 5.41) is 0. The van der Waals surface area contributed by atoms with Crippen LogP contribution in [0, 0.1) is 0 Å². The number of ether oxygens (including phenoxy) is 3. The van der Waals surface area contributed by atoms with E-state index in [9.17, 15) is 14.4 Å². The Labute approximate surface area is 503 Å². The normalized spacial score (nSPS) is 12.6. The van der Waals surface area contributed by atoms with Crippen molar-refractivity contribution in [2.45, 2.75) is 361 Å². The monoisotopic (exact) mass is 1130 g/mol. The van der Waals surface area contributed by atoms with Crippen molar-refractivity contribution in [2.24, 2.45) is 0 Å². The lowest BCUT2D eigenvalue weighted by Crippen LogP contribution is -2.30. The standard InChI is InChI=1S/C75H132O6/c1-4-7-10-13-16-19-22-24-26-28-30-31-32-33-34-35-36-37-38-39-40-41-42-43-45-46-48-50-53-56-59-62-65-68-74(77)80-71-72(70-79-73(76)67-64-61-58-55-52-21-18-15-12-9-6-3)81-75(78)69-66-63-60-57-54-51-49-47-44-29-27-25-23-20-17-14-11-8-5-2/h8,11,15,17-18,20,25,27,44,47,51,54,60,63,72H,4-7,9-10,12-14,16,19,21-24,26,28-43,45-46,48-50,52-53,55-59,61-62,64-71H2,1-3H3/b11-8-,18-15-,20-17-,27-25-,47-44-,54-51-,63-60-. The number of unbranched alkanes of at least 4 members (excludes halogenated alkanes) is 39. The van der Waals surface area contributed by atoms with Gasteiger partial charge in [-0.05, 0) is 77.0 Å². The molecule has 1 atom stereocenters. The van der Waals surface area contributed by atoms with Gasteiger partial charge in [0.05, 0.1) is 0 Å². The van der Waals surface area contributed by atoms with Crippen LogP contribution >= 0.6 is 0 Å². The van der Waals surface area contributed by atoms with E-state index in [0.29, 0.717) is 19.3 Å². The molecule has 0 spiro atoms. The maximum atomic E-state index is 12.9. The SMILES string of the molecule is CC/C=C\C/C=C\C/C=C\C/C=C\C/C=C\C/C=C\CCC(=O)OC(COC(=O)CCCCCCC/C=C\CCCC)COC(=O)CCCCCCCCCCCCCCCCCCCCCCCCCCCCCCCCCCC. The summed E-state index contributed by atoms with van der Waals surface area (Å²) < 4.78 is 16.8. The third-order valence-electron chi connectivity index (χ3n) is 15.4. The highest BCUT2D eigenvalue weighted by Gasteiger charge is 2.19. The Morgan fingerprint density at radius 1 is 0.259 bits per heavy atom. The van der Waals surface area contributed by atoms with Crippen LogP contribution in [-0.2, 0) is 28.6 Å². The lowest BCUT2D eigenvalue weighted by molar-refractivity contribution is -0.166. The van der Waals surface area contributed by atoms with Crippen LogP contribution in [0.25, 0.3) is 0 Å². The summed E-state index contributed by atoms with van der Waals surface area (Å²) >= 11 is 0. The summed E-state index contributed by atoms with van der Waals surface area (Å²) in [7, 11) is 0. The topological polar surface area (TPSA) is 78.9 Å². The van der Waals surface area contributed by atoms with E-state index in [4.69, 9.17) is 14.2 Å². The molecule has 0 aliphatic heterocycles. The molecule has 0 fully saturated rings. The van der Waals surface area contributed by atoms with E-state index in [1.807, 2.05) is 6.08 Å². The van der Waals surface area contributed by atoms with Gasteiger partial charge in [-0.1, -0.05) is 343 Å². The lowest BCUT2D eigenvalue weighted by Gasteiger charge is -2.18. The zero-order valence-corrected chi connectivity index (χ0v) is 53.8. The summed E-state index contributed by atoms with van der Waals surface area (Å²) in [6.45, 7) is 6.46. The van der Waals surface area contributed by atoms with Crippen molar-refractivity contribution in [3.05, 3.63) is 85.1 Å². The van der Waals surface area contributed by atoms with Gasteiger partial charge in [-0.3, -0.25) is 14.4 Å². The second-order valence-electron chi connectivity index (χ2n) is 23.4. The van der Waals surface area contributed by atoms with E-state index in [2.05, 4.69) is 99.8 Å². The van der Waals surface area contributed by atoms with E-state index >= 15 is 0 Å². The minimum Gasteiger partial charge on any atom is -0.462 e. The summed E-state index contributed by atoms with van der Waals surface area (Å²) in [4.78, 5) is 38.2. The average molecular weight is 1130 g/mol. The Morgan fingerprint density at radius 3 is 0.840 bits per heavy atom. The zero-order valence-electron chi connectivity index (χ0n) is 53.8. The Bertz CT molecular complexity index is 1530. The molecular formula is C75H132O6. The Kier molecular flexibility index (Phi) is 66.2. The van der Waals surface area contributed by atoms with Gasteiger partial charge in [0, 0.05) is 19.3 Å². The molecule has 0 aliphatic carbocycles. The van der Waals surface area contributed by atoms with Crippen LogP contribution in [0.4, 0.5) is 0 Å². The van der Waals surface area contributed by atoms with Gasteiger partial charge < -0.3 is 14.2 Å². The Hall–Kier alpha value is -3.41. The quantitative estimate of drug-likeness (QED) is 0.0261. The summed E-state index contributed by atoms with van der Waals surface area (Å²) in [5.41, 5.74) is 0. The van der Waals surface area contributed by atoms with Crippen molar-refractivity contribution in [3.63, 3.8) is 0 Å². The van der Waals surface area contributed by atoms with Crippen LogP contribution in [0.5, 0.6) is 0 Å². The molecule has 0 aromatic rings. The first-order valence-corrected chi connectivity index (χ1v) is 35.1. The molecule has 1 unspecified atom stereocenters. The molecule has 0 N–H and O–H groups in total. The zero-order chi connectivity index (χ0) is 58.5. The number of carbonyl (C=O) groups is 3. The summed E-state index contributed by atoms with van der Waals surface area (Å²) in [5.74, 6) is -0.989.